The van der Waals surface area contributed by atoms with Crippen molar-refractivity contribution in [2.75, 3.05) is 6.54 Å². The summed E-state index contributed by atoms with van der Waals surface area (Å²) in [6.07, 6.45) is 1.57. The maximum Gasteiger partial charge on any atom is 0.211 e. The van der Waals surface area contributed by atoms with Crippen molar-refractivity contribution in [1.29, 1.82) is 0 Å². The molecular weight excluding hydrogens is 231 g/mol. The van der Waals surface area contributed by atoms with Gasteiger partial charge in [-0.05, 0) is 32.0 Å². The zero-order chi connectivity index (χ0) is 13.1. The van der Waals surface area contributed by atoms with Gasteiger partial charge in [0.15, 0.2) is 5.76 Å². The second-order valence-corrected chi connectivity index (χ2v) is 4.28. The molecule has 3 nitrogen and oxygen atoms in total. The number of rotatable bonds is 4. The van der Waals surface area contributed by atoms with Crippen molar-refractivity contribution in [3.8, 4) is 11.3 Å². The van der Waals surface area contributed by atoms with E-state index in [2.05, 4.69) is 10.3 Å². The van der Waals surface area contributed by atoms with Crippen molar-refractivity contribution >= 4 is 0 Å². The minimum absolute atomic E-state index is 0.0246. The molecule has 0 aliphatic carbocycles. The van der Waals surface area contributed by atoms with E-state index < -0.39 is 0 Å². The Bertz CT molecular complexity index is 536. The molecule has 1 aromatic heterocycles. The predicted octanol–water partition coefficient (Wildman–Crippen LogP) is 3.46. The molecule has 0 saturated heterocycles. The van der Waals surface area contributed by atoms with Gasteiger partial charge in [-0.3, -0.25) is 0 Å². The van der Waals surface area contributed by atoms with Gasteiger partial charge < -0.3 is 9.73 Å². The Hall–Kier alpha value is -1.68. The fourth-order valence-electron chi connectivity index (χ4n) is 1.84. The average Bonchev–Trinajstić information content (AvgIpc) is 2.82. The predicted molar refractivity (Wildman–Crippen MR) is 68.7 cm³/mol. The molecule has 2 rings (SSSR count). The van der Waals surface area contributed by atoms with E-state index in [0.29, 0.717) is 22.8 Å². The highest BCUT2D eigenvalue weighted by Gasteiger charge is 2.15. The molecule has 0 aliphatic heterocycles. The molecule has 18 heavy (non-hydrogen) atoms. The number of benzene rings is 1. The summed E-state index contributed by atoms with van der Waals surface area (Å²) in [7, 11) is 0. The van der Waals surface area contributed by atoms with Crippen LogP contribution in [0.4, 0.5) is 4.39 Å². The molecule has 0 spiro atoms. The lowest BCUT2D eigenvalue weighted by Crippen LogP contribution is -2.17. The Balaban J connectivity index is 2.32. The summed E-state index contributed by atoms with van der Waals surface area (Å²) < 4.78 is 19.5. The fraction of sp³-hybridized carbons (Fsp3) is 0.357. The van der Waals surface area contributed by atoms with Gasteiger partial charge in [-0.15, -0.1) is 0 Å². The molecule has 0 saturated carbocycles. The summed E-state index contributed by atoms with van der Waals surface area (Å²) in [5.74, 6) is 0.792. The van der Waals surface area contributed by atoms with Gasteiger partial charge in [-0.1, -0.05) is 19.1 Å². The molecule has 4 heteroatoms. The maximum absolute atomic E-state index is 13.9. The van der Waals surface area contributed by atoms with Crippen LogP contribution in [0.2, 0.25) is 0 Å². The van der Waals surface area contributed by atoms with Crippen LogP contribution in [0.15, 0.2) is 28.8 Å². The molecule has 0 amide bonds. The van der Waals surface area contributed by atoms with Crippen molar-refractivity contribution in [3.63, 3.8) is 0 Å². The molecule has 2 aromatic rings. The van der Waals surface area contributed by atoms with E-state index in [1.165, 1.54) is 0 Å². The van der Waals surface area contributed by atoms with Crippen LogP contribution in [-0.4, -0.2) is 11.5 Å². The summed E-state index contributed by atoms with van der Waals surface area (Å²) >= 11 is 0. The zero-order valence-corrected chi connectivity index (χ0v) is 10.8. The number of halogens is 1. The third-order valence-corrected chi connectivity index (χ3v) is 2.86. The van der Waals surface area contributed by atoms with E-state index in [9.17, 15) is 4.39 Å². The molecule has 1 heterocycles. The zero-order valence-electron chi connectivity index (χ0n) is 10.8. The smallest absolute Gasteiger partial charge is 0.211 e. The van der Waals surface area contributed by atoms with Gasteiger partial charge in [0.05, 0.1) is 17.8 Å². The molecule has 0 fully saturated rings. The molecule has 0 bridgehead atoms. The molecular formula is C14H17FN2O. The monoisotopic (exact) mass is 248 g/mol. The summed E-state index contributed by atoms with van der Waals surface area (Å²) in [4.78, 5) is 4.19. The topological polar surface area (TPSA) is 38.1 Å². The Morgan fingerprint density at radius 3 is 2.94 bits per heavy atom. The number of nitrogens with zero attached hydrogens (tertiary/aromatic N) is 1. The summed E-state index contributed by atoms with van der Waals surface area (Å²) in [6, 6.07) is 5.27. The number of aryl methyl sites for hydroxylation is 1. The van der Waals surface area contributed by atoms with E-state index in [0.717, 1.165) is 6.54 Å². The van der Waals surface area contributed by atoms with E-state index in [-0.39, 0.29) is 11.9 Å². The van der Waals surface area contributed by atoms with Crippen molar-refractivity contribution in [3.05, 3.63) is 41.7 Å². The SMILES string of the molecule is CCNC(C)c1ncc(-c2cccc(C)c2F)o1. The van der Waals surface area contributed by atoms with Gasteiger partial charge in [0.1, 0.15) is 5.82 Å². The van der Waals surface area contributed by atoms with Crippen LogP contribution in [0.3, 0.4) is 0 Å². The molecule has 1 atom stereocenters. The minimum atomic E-state index is -0.253. The van der Waals surface area contributed by atoms with Gasteiger partial charge in [0.2, 0.25) is 5.89 Å². The van der Waals surface area contributed by atoms with E-state index >= 15 is 0 Å². The third kappa shape index (κ3) is 2.43. The van der Waals surface area contributed by atoms with E-state index in [1.54, 1.807) is 25.3 Å². The van der Waals surface area contributed by atoms with Gasteiger partial charge in [-0.25, -0.2) is 9.37 Å². The van der Waals surface area contributed by atoms with Crippen molar-refractivity contribution in [2.45, 2.75) is 26.8 Å². The first-order valence-corrected chi connectivity index (χ1v) is 6.08. The van der Waals surface area contributed by atoms with Crippen LogP contribution >= 0.6 is 0 Å². The molecule has 1 unspecified atom stereocenters. The largest absolute Gasteiger partial charge is 0.439 e. The van der Waals surface area contributed by atoms with Gasteiger partial charge in [0.25, 0.3) is 0 Å². The average molecular weight is 248 g/mol. The lowest BCUT2D eigenvalue weighted by atomic mass is 10.1. The Labute approximate surface area is 106 Å². The Morgan fingerprint density at radius 1 is 1.44 bits per heavy atom. The molecule has 0 radical (unpaired) electrons. The molecule has 96 valence electrons. The van der Waals surface area contributed by atoms with Crippen molar-refractivity contribution < 1.29 is 8.81 Å². The Morgan fingerprint density at radius 2 is 2.22 bits per heavy atom. The van der Waals surface area contributed by atoms with E-state index in [1.807, 2.05) is 19.9 Å². The lowest BCUT2D eigenvalue weighted by Gasteiger charge is -2.07. The summed E-state index contributed by atoms with van der Waals surface area (Å²) in [5, 5.41) is 3.20. The van der Waals surface area contributed by atoms with Gasteiger partial charge >= 0.3 is 0 Å². The van der Waals surface area contributed by atoms with Gasteiger partial charge in [0, 0.05) is 0 Å². The van der Waals surface area contributed by atoms with E-state index in [4.69, 9.17) is 4.42 Å². The standard InChI is InChI=1S/C14H17FN2O/c1-4-16-10(3)14-17-8-12(18-14)11-7-5-6-9(2)13(11)15/h5-8,10,16H,4H2,1-3H3. The second kappa shape index (κ2) is 5.31. The summed E-state index contributed by atoms with van der Waals surface area (Å²) in [5.41, 5.74) is 1.06. The lowest BCUT2D eigenvalue weighted by molar-refractivity contribution is 0.427. The van der Waals surface area contributed by atoms with Crippen LogP contribution in [-0.2, 0) is 0 Å². The van der Waals surface area contributed by atoms with Crippen LogP contribution in [0.5, 0.6) is 0 Å². The first-order valence-electron chi connectivity index (χ1n) is 6.08. The number of aromatic nitrogens is 1. The molecule has 1 aromatic carbocycles. The maximum atomic E-state index is 13.9. The highest BCUT2D eigenvalue weighted by molar-refractivity contribution is 5.58. The third-order valence-electron chi connectivity index (χ3n) is 2.86. The first-order chi connectivity index (χ1) is 8.63. The molecule has 0 aliphatic rings. The molecule has 1 N–H and O–H groups in total. The quantitative estimate of drug-likeness (QED) is 0.900. The van der Waals surface area contributed by atoms with Crippen LogP contribution < -0.4 is 5.32 Å². The highest BCUT2D eigenvalue weighted by Crippen LogP contribution is 2.26. The minimum Gasteiger partial charge on any atom is -0.439 e. The second-order valence-electron chi connectivity index (χ2n) is 4.28. The number of hydrogen-bond donors (Lipinski definition) is 1. The van der Waals surface area contributed by atoms with Crippen LogP contribution in [0, 0.1) is 12.7 Å². The normalized spacial score (nSPS) is 12.7. The number of nitrogens with one attached hydrogen (secondary N) is 1. The number of oxazole rings is 1. The first kappa shape index (κ1) is 12.8. The van der Waals surface area contributed by atoms with Gasteiger partial charge in [-0.2, -0.15) is 0 Å². The fourth-order valence-corrected chi connectivity index (χ4v) is 1.84. The highest BCUT2D eigenvalue weighted by atomic mass is 19.1. The van der Waals surface area contributed by atoms with Crippen molar-refractivity contribution in [1.82, 2.24) is 10.3 Å². The van der Waals surface area contributed by atoms with Crippen LogP contribution in [0.1, 0.15) is 31.3 Å². The Kier molecular flexibility index (Phi) is 3.77. The van der Waals surface area contributed by atoms with Crippen LogP contribution in [0.25, 0.3) is 11.3 Å². The number of hydrogen-bond acceptors (Lipinski definition) is 3. The summed E-state index contributed by atoms with van der Waals surface area (Å²) in [6.45, 7) is 6.54. The van der Waals surface area contributed by atoms with Crippen molar-refractivity contribution in [2.24, 2.45) is 0 Å².